The van der Waals surface area contributed by atoms with Gasteiger partial charge in [0.25, 0.3) is 0 Å². The zero-order valence-corrected chi connectivity index (χ0v) is 13.8. The molecule has 0 saturated carbocycles. The number of rotatable bonds is 4. The van der Waals surface area contributed by atoms with Crippen LogP contribution in [0.1, 0.15) is 16.6 Å². The normalized spacial score (nSPS) is 12.7. The number of nitrogens with one attached hydrogen (secondary N) is 1. The van der Waals surface area contributed by atoms with Crippen LogP contribution in [0, 0.1) is 0 Å². The van der Waals surface area contributed by atoms with Crippen molar-refractivity contribution in [2.24, 2.45) is 0 Å². The lowest BCUT2D eigenvalue weighted by atomic mass is 10.1. The molecule has 0 aliphatic carbocycles. The molecule has 1 N–H and O–H groups in total. The molecule has 1 aromatic heterocycles. The molecule has 0 bridgehead atoms. The highest BCUT2D eigenvalue weighted by atomic mass is 35.5. The fraction of sp³-hybridized carbons (Fsp3) is 0.188. The third-order valence-corrected chi connectivity index (χ3v) is 5.29. The molecule has 5 heteroatoms. The summed E-state index contributed by atoms with van der Waals surface area (Å²) in [5, 5.41) is 5.76. The molecule has 1 atom stereocenters. The van der Waals surface area contributed by atoms with Gasteiger partial charge in [-0.2, -0.15) is 0 Å². The van der Waals surface area contributed by atoms with Crippen molar-refractivity contribution >= 4 is 44.8 Å². The Labute approximate surface area is 137 Å². The van der Waals surface area contributed by atoms with Crippen LogP contribution >= 0.6 is 34.5 Å². The minimum Gasteiger partial charge on any atom is -0.311 e. The van der Waals surface area contributed by atoms with E-state index in [1.165, 1.54) is 4.70 Å². The fourth-order valence-corrected chi connectivity index (χ4v) is 3.91. The summed E-state index contributed by atoms with van der Waals surface area (Å²) in [5.74, 6) is 0. The maximum atomic E-state index is 6.27. The smallest absolute Gasteiger partial charge is 0.111 e. The van der Waals surface area contributed by atoms with Gasteiger partial charge in [-0.15, -0.1) is 11.3 Å². The van der Waals surface area contributed by atoms with Gasteiger partial charge in [0.2, 0.25) is 0 Å². The van der Waals surface area contributed by atoms with Gasteiger partial charge in [-0.25, -0.2) is 4.98 Å². The number of thiazole rings is 1. The Morgan fingerprint density at radius 2 is 1.81 bits per heavy atom. The molecule has 2 nitrogen and oxygen atoms in total. The molecule has 1 heterocycles. The van der Waals surface area contributed by atoms with Gasteiger partial charge in [0.05, 0.1) is 16.3 Å². The molecule has 0 saturated heterocycles. The number of para-hydroxylation sites is 1. The molecule has 21 heavy (non-hydrogen) atoms. The number of benzene rings is 2. The zero-order valence-electron chi connectivity index (χ0n) is 11.4. The van der Waals surface area contributed by atoms with Gasteiger partial charge in [0, 0.05) is 10.0 Å². The second-order valence-electron chi connectivity index (χ2n) is 4.77. The molecular formula is C16H14Cl2N2S. The predicted molar refractivity (Wildman–Crippen MR) is 91.6 cm³/mol. The van der Waals surface area contributed by atoms with Crippen LogP contribution in [0.2, 0.25) is 10.0 Å². The summed E-state index contributed by atoms with van der Waals surface area (Å²) >= 11 is 14.2. The van der Waals surface area contributed by atoms with Crippen LogP contribution in [0.15, 0.2) is 42.5 Å². The molecule has 0 radical (unpaired) electrons. The molecule has 2 aromatic carbocycles. The van der Waals surface area contributed by atoms with E-state index in [0.717, 1.165) is 22.5 Å². The molecule has 0 spiro atoms. The van der Waals surface area contributed by atoms with Crippen molar-refractivity contribution in [3.05, 3.63) is 63.1 Å². The number of halogens is 2. The molecular weight excluding hydrogens is 323 g/mol. The Morgan fingerprint density at radius 1 is 1.10 bits per heavy atom. The van der Waals surface area contributed by atoms with E-state index in [1.54, 1.807) is 11.3 Å². The third-order valence-electron chi connectivity index (χ3n) is 3.43. The van der Waals surface area contributed by atoms with Crippen molar-refractivity contribution in [3.8, 4) is 0 Å². The fourth-order valence-electron chi connectivity index (χ4n) is 2.28. The van der Waals surface area contributed by atoms with Gasteiger partial charge >= 0.3 is 0 Å². The van der Waals surface area contributed by atoms with Crippen molar-refractivity contribution in [3.63, 3.8) is 0 Å². The number of nitrogens with zero attached hydrogens (tertiary/aromatic N) is 1. The maximum Gasteiger partial charge on any atom is 0.111 e. The molecule has 3 aromatic rings. The quantitative estimate of drug-likeness (QED) is 0.716. The van der Waals surface area contributed by atoms with E-state index in [2.05, 4.69) is 11.4 Å². The van der Waals surface area contributed by atoms with E-state index in [9.17, 15) is 0 Å². The minimum atomic E-state index is 0.0970. The SMILES string of the molecule is CNC(Cc1c(Cl)cccc1Cl)c1nc2ccccc2s1. The summed E-state index contributed by atoms with van der Waals surface area (Å²) < 4.78 is 1.19. The summed E-state index contributed by atoms with van der Waals surface area (Å²) in [5.41, 5.74) is 1.99. The van der Waals surface area contributed by atoms with E-state index in [0.29, 0.717) is 10.0 Å². The zero-order chi connectivity index (χ0) is 14.8. The highest BCUT2D eigenvalue weighted by molar-refractivity contribution is 7.18. The molecule has 3 rings (SSSR count). The van der Waals surface area contributed by atoms with Gasteiger partial charge in [0.15, 0.2) is 0 Å². The lowest BCUT2D eigenvalue weighted by Crippen LogP contribution is -2.19. The van der Waals surface area contributed by atoms with Crippen molar-refractivity contribution in [2.75, 3.05) is 7.05 Å². The first kappa shape index (κ1) is 14.8. The Kier molecular flexibility index (Phi) is 4.45. The molecule has 0 aliphatic rings. The largest absolute Gasteiger partial charge is 0.311 e. The summed E-state index contributed by atoms with van der Waals surface area (Å²) in [4.78, 5) is 4.71. The van der Waals surface area contributed by atoms with Crippen LogP contribution in [0.3, 0.4) is 0 Å². The molecule has 0 fully saturated rings. The van der Waals surface area contributed by atoms with E-state index in [4.69, 9.17) is 28.2 Å². The standard InChI is InChI=1S/C16H14Cl2N2S/c1-19-14(9-10-11(17)5-4-6-12(10)18)16-20-13-7-2-3-8-15(13)21-16/h2-8,14,19H,9H2,1H3. The van der Waals surface area contributed by atoms with Crippen LogP contribution in [-0.2, 0) is 6.42 Å². The molecule has 0 amide bonds. The summed E-state index contributed by atoms with van der Waals surface area (Å²) in [6, 6.07) is 13.9. The first-order valence-electron chi connectivity index (χ1n) is 6.64. The van der Waals surface area contributed by atoms with E-state index < -0.39 is 0 Å². The number of fused-ring (bicyclic) bond motifs is 1. The van der Waals surface area contributed by atoms with Gasteiger partial charge < -0.3 is 5.32 Å². The Balaban J connectivity index is 1.95. The Bertz CT molecular complexity index is 717. The monoisotopic (exact) mass is 336 g/mol. The van der Waals surface area contributed by atoms with Gasteiger partial charge in [-0.05, 0) is 43.3 Å². The first-order valence-corrected chi connectivity index (χ1v) is 8.22. The first-order chi connectivity index (χ1) is 10.2. The number of likely N-dealkylation sites (N-methyl/N-ethyl adjacent to an activating group) is 1. The third kappa shape index (κ3) is 3.06. The van der Waals surface area contributed by atoms with Crippen molar-refractivity contribution in [1.82, 2.24) is 10.3 Å². The lowest BCUT2D eigenvalue weighted by molar-refractivity contribution is 0.590. The van der Waals surface area contributed by atoms with Gasteiger partial charge in [-0.1, -0.05) is 41.4 Å². The number of hydrogen-bond acceptors (Lipinski definition) is 3. The van der Waals surface area contributed by atoms with Crippen LogP contribution < -0.4 is 5.32 Å². The highest BCUT2D eigenvalue weighted by Crippen LogP contribution is 2.32. The van der Waals surface area contributed by atoms with E-state index in [1.807, 2.05) is 43.4 Å². The van der Waals surface area contributed by atoms with Crippen molar-refractivity contribution < 1.29 is 0 Å². The molecule has 1 unspecified atom stereocenters. The minimum absolute atomic E-state index is 0.0970. The average molecular weight is 337 g/mol. The highest BCUT2D eigenvalue weighted by Gasteiger charge is 2.18. The van der Waals surface area contributed by atoms with Crippen LogP contribution in [0.4, 0.5) is 0 Å². The topological polar surface area (TPSA) is 24.9 Å². The Morgan fingerprint density at radius 3 is 2.48 bits per heavy atom. The van der Waals surface area contributed by atoms with Crippen molar-refractivity contribution in [1.29, 1.82) is 0 Å². The average Bonchev–Trinajstić information content (AvgIpc) is 2.90. The number of hydrogen-bond donors (Lipinski definition) is 1. The molecule has 0 aliphatic heterocycles. The van der Waals surface area contributed by atoms with E-state index in [-0.39, 0.29) is 6.04 Å². The van der Waals surface area contributed by atoms with Crippen LogP contribution in [0.5, 0.6) is 0 Å². The Hall–Kier alpha value is -1.13. The summed E-state index contributed by atoms with van der Waals surface area (Å²) in [6.45, 7) is 0. The van der Waals surface area contributed by atoms with E-state index >= 15 is 0 Å². The van der Waals surface area contributed by atoms with Gasteiger partial charge in [0.1, 0.15) is 5.01 Å². The molecule has 108 valence electrons. The second-order valence-corrected chi connectivity index (χ2v) is 6.64. The van der Waals surface area contributed by atoms with Crippen molar-refractivity contribution in [2.45, 2.75) is 12.5 Å². The van der Waals surface area contributed by atoms with Crippen LogP contribution in [0.25, 0.3) is 10.2 Å². The van der Waals surface area contributed by atoms with Gasteiger partial charge in [-0.3, -0.25) is 0 Å². The predicted octanol–water partition coefficient (Wildman–Crippen LogP) is 5.11. The van der Waals surface area contributed by atoms with Crippen LogP contribution in [-0.4, -0.2) is 12.0 Å². The summed E-state index contributed by atoms with van der Waals surface area (Å²) in [6.07, 6.45) is 0.717. The second kappa shape index (κ2) is 6.32. The maximum absolute atomic E-state index is 6.27. The number of aromatic nitrogens is 1. The lowest BCUT2D eigenvalue weighted by Gasteiger charge is -2.15. The summed E-state index contributed by atoms with van der Waals surface area (Å²) in [7, 11) is 1.93.